The highest BCUT2D eigenvalue weighted by molar-refractivity contribution is 6.28. The molecule has 0 N–H and O–H groups in total. The standard InChI is InChI=1S/C53H34N2/c1-4-15-36(16-5-1)49-42-21-10-11-22-43(42)50(37-17-6-2-7-18-37)53-46-33-32-40(41-23-12-24-45(51(41)46)52(49)53)35-28-30-39(31-29-35)55(38-19-8-3-9-20-38)48-27-13-26-47-44(48)25-14-34-54-47/h1-34H. The van der Waals surface area contributed by atoms with Crippen molar-refractivity contribution in [1.82, 2.24) is 4.98 Å². The second-order valence-corrected chi connectivity index (χ2v) is 14.2. The normalized spacial score (nSPS) is 11.6. The van der Waals surface area contributed by atoms with Gasteiger partial charge in [-0.15, -0.1) is 0 Å². The van der Waals surface area contributed by atoms with Gasteiger partial charge in [0, 0.05) is 23.0 Å². The minimum absolute atomic E-state index is 0.977. The second kappa shape index (κ2) is 12.7. The predicted octanol–water partition coefficient (Wildman–Crippen LogP) is 14.7. The Balaban J connectivity index is 1.12. The summed E-state index contributed by atoms with van der Waals surface area (Å²) in [6.45, 7) is 0. The van der Waals surface area contributed by atoms with Gasteiger partial charge in [-0.3, -0.25) is 4.98 Å². The van der Waals surface area contributed by atoms with Crippen LogP contribution in [0.4, 0.5) is 17.1 Å². The van der Waals surface area contributed by atoms with Crippen molar-refractivity contribution in [2.75, 3.05) is 4.90 Å². The number of nitrogens with zero attached hydrogens (tertiary/aromatic N) is 2. The molecule has 9 aromatic carbocycles. The second-order valence-electron chi connectivity index (χ2n) is 14.2. The molecular formula is C53H34N2. The molecule has 1 aromatic heterocycles. The molecule has 10 aromatic rings. The Morgan fingerprint density at radius 1 is 0.309 bits per heavy atom. The van der Waals surface area contributed by atoms with Crippen LogP contribution in [0.3, 0.4) is 0 Å². The molecule has 0 radical (unpaired) electrons. The van der Waals surface area contributed by atoms with E-state index in [2.05, 4.69) is 204 Å². The molecule has 2 heteroatoms. The SMILES string of the molecule is c1ccc(-c2c3c(c(-c4ccccc4)c4ccccc24)-c2ccc(-c4ccc(N(c5ccccc5)c5cccc6ncccc56)cc4)c4cccc-3c24)cc1. The molecule has 0 fully saturated rings. The number of pyridine rings is 1. The van der Waals surface area contributed by atoms with Crippen LogP contribution in [0.5, 0.6) is 0 Å². The Bertz CT molecular complexity index is 2960. The molecule has 2 nitrogen and oxygen atoms in total. The maximum atomic E-state index is 4.66. The fourth-order valence-corrected chi connectivity index (χ4v) is 8.94. The van der Waals surface area contributed by atoms with Gasteiger partial charge in [-0.05, 0) is 126 Å². The van der Waals surface area contributed by atoms with Crippen LogP contribution in [0, 0.1) is 0 Å². The van der Waals surface area contributed by atoms with Crippen molar-refractivity contribution in [3.8, 4) is 55.6 Å². The zero-order chi connectivity index (χ0) is 36.3. The largest absolute Gasteiger partial charge is 0.310 e. The third-order valence-electron chi connectivity index (χ3n) is 11.2. The van der Waals surface area contributed by atoms with Gasteiger partial charge in [0.25, 0.3) is 0 Å². The highest BCUT2D eigenvalue weighted by atomic mass is 15.1. The van der Waals surface area contributed by atoms with E-state index in [-0.39, 0.29) is 0 Å². The molecule has 0 spiro atoms. The first-order valence-corrected chi connectivity index (χ1v) is 18.9. The number of hydrogen-bond donors (Lipinski definition) is 0. The van der Waals surface area contributed by atoms with Crippen molar-refractivity contribution < 1.29 is 0 Å². The Morgan fingerprint density at radius 2 is 0.836 bits per heavy atom. The number of anilines is 3. The molecule has 0 atom stereocenters. The molecule has 0 saturated carbocycles. The summed E-state index contributed by atoms with van der Waals surface area (Å²) in [5.74, 6) is 0. The van der Waals surface area contributed by atoms with Gasteiger partial charge in [-0.1, -0.05) is 152 Å². The van der Waals surface area contributed by atoms with E-state index >= 15 is 0 Å². The smallest absolute Gasteiger partial charge is 0.0723 e. The average Bonchev–Trinajstić information content (AvgIpc) is 3.59. The zero-order valence-electron chi connectivity index (χ0n) is 30.0. The monoisotopic (exact) mass is 698 g/mol. The molecule has 0 aliphatic heterocycles. The number of benzene rings is 9. The van der Waals surface area contributed by atoms with Crippen molar-refractivity contribution in [2.24, 2.45) is 0 Å². The van der Waals surface area contributed by atoms with Crippen molar-refractivity contribution >= 4 is 49.5 Å². The molecule has 55 heavy (non-hydrogen) atoms. The van der Waals surface area contributed by atoms with Crippen LogP contribution in [0.2, 0.25) is 0 Å². The van der Waals surface area contributed by atoms with Gasteiger partial charge < -0.3 is 4.90 Å². The first kappa shape index (κ1) is 31.3. The minimum Gasteiger partial charge on any atom is -0.310 e. The Labute approximate surface area is 320 Å². The van der Waals surface area contributed by atoms with E-state index < -0.39 is 0 Å². The van der Waals surface area contributed by atoms with Crippen LogP contribution in [-0.4, -0.2) is 4.98 Å². The van der Waals surface area contributed by atoms with Gasteiger partial charge in [0.1, 0.15) is 0 Å². The molecule has 256 valence electrons. The van der Waals surface area contributed by atoms with Crippen LogP contribution in [-0.2, 0) is 0 Å². The summed E-state index contributed by atoms with van der Waals surface area (Å²) in [4.78, 5) is 6.99. The summed E-state index contributed by atoms with van der Waals surface area (Å²) in [5, 5.41) is 6.25. The van der Waals surface area contributed by atoms with Gasteiger partial charge >= 0.3 is 0 Å². The van der Waals surface area contributed by atoms with Crippen LogP contribution >= 0.6 is 0 Å². The average molecular weight is 699 g/mol. The zero-order valence-corrected chi connectivity index (χ0v) is 30.0. The minimum atomic E-state index is 0.977. The Hall–Kier alpha value is -7.29. The van der Waals surface area contributed by atoms with Crippen LogP contribution in [0.15, 0.2) is 206 Å². The number of aromatic nitrogens is 1. The first-order chi connectivity index (χ1) is 27.3. The summed E-state index contributed by atoms with van der Waals surface area (Å²) < 4.78 is 0. The summed E-state index contributed by atoms with van der Waals surface area (Å²) in [7, 11) is 0. The first-order valence-electron chi connectivity index (χ1n) is 18.9. The van der Waals surface area contributed by atoms with E-state index in [9.17, 15) is 0 Å². The fourth-order valence-electron chi connectivity index (χ4n) is 8.94. The molecular weight excluding hydrogens is 665 g/mol. The topological polar surface area (TPSA) is 16.1 Å². The maximum absolute atomic E-state index is 4.66. The van der Waals surface area contributed by atoms with Gasteiger partial charge in [-0.25, -0.2) is 0 Å². The Kier molecular flexibility index (Phi) is 7.21. The molecule has 0 amide bonds. The quantitative estimate of drug-likeness (QED) is 0.172. The number of hydrogen-bond acceptors (Lipinski definition) is 2. The predicted molar refractivity (Wildman–Crippen MR) is 232 cm³/mol. The lowest BCUT2D eigenvalue weighted by molar-refractivity contribution is 1.29. The number of para-hydroxylation sites is 1. The number of rotatable bonds is 6. The summed E-state index contributed by atoms with van der Waals surface area (Å²) >= 11 is 0. The molecule has 0 unspecified atom stereocenters. The van der Waals surface area contributed by atoms with Gasteiger partial charge in [0.15, 0.2) is 0 Å². The van der Waals surface area contributed by atoms with Gasteiger partial charge in [-0.2, -0.15) is 0 Å². The molecule has 1 aliphatic rings. The van der Waals surface area contributed by atoms with E-state index in [4.69, 9.17) is 0 Å². The van der Waals surface area contributed by atoms with Crippen LogP contribution in [0.1, 0.15) is 0 Å². The highest BCUT2D eigenvalue weighted by Gasteiger charge is 2.31. The van der Waals surface area contributed by atoms with Gasteiger partial charge in [0.05, 0.1) is 11.2 Å². The van der Waals surface area contributed by atoms with Gasteiger partial charge in [0.2, 0.25) is 0 Å². The molecule has 0 bridgehead atoms. The van der Waals surface area contributed by atoms with Crippen LogP contribution < -0.4 is 4.90 Å². The summed E-state index contributed by atoms with van der Waals surface area (Å²) in [6.07, 6.45) is 1.86. The summed E-state index contributed by atoms with van der Waals surface area (Å²) in [6, 6.07) is 72.6. The molecule has 1 heterocycles. The fraction of sp³-hybridized carbons (Fsp3) is 0. The number of fused-ring (bicyclic) bond motifs is 5. The van der Waals surface area contributed by atoms with Crippen molar-refractivity contribution in [1.29, 1.82) is 0 Å². The van der Waals surface area contributed by atoms with E-state index in [0.29, 0.717) is 0 Å². The van der Waals surface area contributed by atoms with E-state index in [1.165, 1.54) is 77.2 Å². The van der Waals surface area contributed by atoms with E-state index in [1.54, 1.807) is 0 Å². The third kappa shape index (κ3) is 4.92. The van der Waals surface area contributed by atoms with E-state index in [1.807, 2.05) is 12.3 Å². The Morgan fingerprint density at radius 3 is 1.51 bits per heavy atom. The van der Waals surface area contributed by atoms with Crippen molar-refractivity contribution in [3.63, 3.8) is 0 Å². The highest BCUT2D eigenvalue weighted by Crippen LogP contribution is 2.58. The lowest BCUT2D eigenvalue weighted by atomic mass is 9.82. The maximum Gasteiger partial charge on any atom is 0.0723 e. The molecule has 11 rings (SSSR count). The van der Waals surface area contributed by atoms with Crippen LogP contribution in [0.25, 0.3) is 88.1 Å². The lowest BCUT2D eigenvalue weighted by Gasteiger charge is -2.27. The molecule has 0 saturated heterocycles. The van der Waals surface area contributed by atoms with Crippen molar-refractivity contribution in [2.45, 2.75) is 0 Å². The van der Waals surface area contributed by atoms with E-state index in [0.717, 1.165) is 28.0 Å². The third-order valence-corrected chi connectivity index (χ3v) is 11.2. The lowest BCUT2D eigenvalue weighted by Crippen LogP contribution is -2.10. The summed E-state index contributed by atoms with van der Waals surface area (Å²) in [5.41, 5.74) is 17.0. The molecule has 1 aliphatic carbocycles. The van der Waals surface area contributed by atoms with Crippen molar-refractivity contribution in [3.05, 3.63) is 206 Å².